The van der Waals surface area contributed by atoms with Crippen molar-refractivity contribution in [3.8, 4) is 0 Å². The Morgan fingerprint density at radius 3 is 2.83 bits per heavy atom. The standard InChI is InChI=1S/C12H14N4O2/c17-7-6-13-12(18)11-8-14-15-16(11)9-10-4-2-1-3-5-10/h1-5,8,17H,6-7,9H2,(H,13,18). The van der Waals surface area contributed by atoms with Crippen LogP contribution in [0.2, 0.25) is 0 Å². The van der Waals surface area contributed by atoms with E-state index in [-0.39, 0.29) is 19.1 Å². The first-order valence-electron chi connectivity index (χ1n) is 5.62. The average molecular weight is 246 g/mol. The first-order valence-corrected chi connectivity index (χ1v) is 5.62. The number of aromatic nitrogens is 3. The molecule has 18 heavy (non-hydrogen) atoms. The topological polar surface area (TPSA) is 80.0 Å². The van der Waals surface area contributed by atoms with Crippen molar-refractivity contribution in [1.29, 1.82) is 0 Å². The zero-order chi connectivity index (χ0) is 12.8. The van der Waals surface area contributed by atoms with Crippen molar-refractivity contribution < 1.29 is 9.90 Å². The number of hydrogen-bond donors (Lipinski definition) is 2. The summed E-state index contributed by atoms with van der Waals surface area (Å²) in [6.45, 7) is 0.615. The molecule has 0 unspecified atom stereocenters. The van der Waals surface area contributed by atoms with Gasteiger partial charge in [-0.1, -0.05) is 35.5 Å². The lowest BCUT2D eigenvalue weighted by Gasteiger charge is -2.06. The van der Waals surface area contributed by atoms with Gasteiger partial charge < -0.3 is 10.4 Å². The third kappa shape index (κ3) is 2.92. The number of carbonyl (C=O) groups is 1. The molecule has 1 amide bonds. The molecule has 0 saturated carbocycles. The van der Waals surface area contributed by atoms with E-state index >= 15 is 0 Å². The van der Waals surface area contributed by atoms with Gasteiger partial charge in [-0.25, -0.2) is 4.68 Å². The molecule has 0 aliphatic heterocycles. The molecule has 0 saturated heterocycles. The van der Waals surface area contributed by atoms with Crippen LogP contribution in [-0.2, 0) is 6.54 Å². The van der Waals surface area contributed by atoms with Gasteiger partial charge in [-0.2, -0.15) is 0 Å². The van der Waals surface area contributed by atoms with E-state index in [1.54, 1.807) is 0 Å². The second-order valence-corrected chi connectivity index (χ2v) is 3.74. The number of amides is 1. The summed E-state index contributed by atoms with van der Waals surface area (Å²) in [6.07, 6.45) is 1.41. The van der Waals surface area contributed by atoms with E-state index in [0.717, 1.165) is 5.56 Å². The van der Waals surface area contributed by atoms with Crippen LogP contribution in [0.1, 0.15) is 16.1 Å². The van der Waals surface area contributed by atoms with Gasteiger partial charge in [0.05, 0.1) is 19.3 Å². The lowest BCUT2D eigenvalue weighted by molar-refractivity contribution is 0.0934. The highest BCUT2D eigenvalue weighted by molar-refractivity contribution is 5.92. The monoisotopic (exact) mass is 246 g/mol. The molecule has 6 nitrogen and oxygen atoms in total. The number of aliphatic hydroxyl groups excluding tert-OH is 1. The minimum Gasteiger partial charge on any atom is -0.395 e. The lowest BCUT2D eigenvalue weighted by Crippen LogP contribution is -2.28. The summed E-state index contributed by atoms with van der Waals surface area (Å²) >= 11 is 0. The fraction of sp³-hybridized carbons (Fsp3) is 0.250. The predicted molar refractivity (Wildman–Crippen MR) is 65.0 cm³/mol. The van der Waals surface area contributed by atoms with E-state index in [0.29, 0.717) is 12.2 Å². The van der Waals surface area contributed by atoms with Crippen molar-refractivity contribution >= 4 is 5.91 Å². The highest BCUT2D eigenvalue weighted by Gasteiger charge is 2.12. The summed E-state index contributed by atoms with van der Waals surface area (Å²) in [4.78, 5) is 11.8. The first kappa shape index (κ1) is 12.3. The van der Waals surface area contributed by atoms with Crippen LogP contribution in [0.3, 0.4) is 0 Å². The molecule has 6 heteroatoms. The Labute approximate surface area is 104 Å². The number of benzene rings is 1. The molecule has 1 aromatic carbocycles. The molecule has 0 spiro atoms. The minimum atomic E-state index is -0.287. The Morgan fingerprint density at radius 1 is 1.33 bits per heavy atom. The highest BCUT2D eigenvalue weighted by atomic mass is 16.3. The lowest BCUT2D eigenvalue weighted by atomic mass is 10.2. The third-order valence-electron chi connectivity index (χ3n) is 2.42. The predicted octanol–water partition coefficient (Wildman–Crippen LogP) is 0.0485. The smallest absolute Gasteiger partial charge is 0.271 e. The van der Waals surface area contributed by atoms with Crippen LogP contribution in [0.15, 0.2) is 36.5 Å². The maximum atomic E-state index is 11.8. The van der Waals surface area contributed by atoms with Crippen molar-refractivity contribution in [2.75, 3.05) is 13.2 Å². The quantitative estimate of drug-likeness (QED) is 0.781. The van der Waals surface area contributed by atoms with Crippen LogP contribution in [0.5, 0.6) is 0 Å². The maximum Gasteiger partial charge on any atom is 0.271 e. The molecule has 1 aromatic heterocycles. The van der Waals surface area contributed by atoms with Gasteiger partial charge in [0.15, 0.2) is 0 Å². The molecule has 0 radical (unpaired) electrons. The molecular weight excluding hydrogens is 232 g/mol. The number of nitrogens with zero attached hydrogens (tertiary/aromatic N) is 3. The van der Waals surface area contributed by atoms with Crippen LogP contribution in [0, 0.1) is 0 Å². The normalized spacial score (nSPS) is 10.3. The van der Waals surface area contributed by atoms with E-state index in [1.165, 1.54) is 10.9 Å². The zero-order valence-electron chi connectivity index (χ0n) is 9.78. The second-order valence-electron chi connectivity index (χ2n) is 3.74. The maximum absolute atomic E-state index is 11.8. The number of nitrogens with one attached hydrogen (secondary N) is 1. The molecule has 2 N–H and O–H groups in total. The summed E-state index contributed by atoms with van der Waals surface area (Å²) in [6, 6.07) is 9.70. The highest BCUT2D eigenvalue weighted by Crippen LogP contribution is 2.04. The summed E-state index contributed by atoms with van der Waals surface area (Å²) in [7, 11) is 0. The molecule has 0 bridgehead atoms. The van der Waals surface area contributed by atoms with E-state index in [1.807, 2.05) is 30.3 Å². The zero-order valence-corrected chi connectivity index (χ0v) is 9.78. The Balaban J connectivity index is 2.10. The molecule has 94 valence electrons. The van der Waals surface area contributed by atoms with Gasteiger partial charge in [-0.05, 0) is 5.56 Å². The van der Waals surface area contributed by atoms with Crippen molar-refractivity contribution in [2.45, 2.75) is 6.54 Å². The molecule has 2 rings (SSSR count). The Morgan fingerprint density at radius 2 is 2.11 bits per heavy atom. The first-order chi connectivity index (χ1) is 8.81. The van der Waals surface area contributed by atoms with Crippen molar-refractivity contribution in [2.24, 2.45) is 0 Å². The van der Waals surface area contributed by atoms with E-state index in [9.17, 15) is 4.79 Å². The van der Waals surface area contributed by atoms with Crippen molar-refractivity contribution in [3.05, 3.63) is 47.8 Å². The molecule has 0 aliphatic rings. The average Bonchev–Trinajstić information content (AvgIpc) is 2.85. The van der Waals surface area contributed by atoms with Crippen LogP contribution < -0.4 is 5.32 Å². The van der Waals surface area contributed by atoms with Gasteiger partial charge in [0.25, 0.3) is 5.91 Å². The SMILES string of the molecule is O=C(NCCO)c1cnnn1Cc1ccccc1. The Bertz CT molecular complexity index is 510. The van der Waals surface area contributed by atoms with Crippen molar-refractivity contribution in [1.82, 2.24) is 20.3 Å². The Kier molecular flexibility index (Phi) is 4.03. The molecule has 1 heterocycles. The van der Waals surface area contributed by atoms with Crippen LogP contribution in [0.25, 0.3) is 0 Å². The largest absolute Gasteiger partial charge is 0.395 e. The van der Waals surface area contributed by atoms with Gasteiger partial charge in [0, 0.05) is 6.54 Å². The van der Waals surface area contributed by atoms with Crippen LogP contribution >= 0.6 is 0 Å². The number of carbonyl (C=O) groups excluding carboxylic acids is 1. The number of rotatable bonds is 5. The second kappa shape index (κ2) is 5.92. The molecule has 0 atom stereocenters. The summed E-state index contributed by atoms with van der Waals surface area (Å²) in [5.74, 6) is -0.287. The molecule has 0 fully saturated rings. The summed E-state index contributed by atoms with van der Waals surface area (Å²) in [5.41, 5.74) is 1.42. The minimum absolute atomic E-state index is 0.0913. The van der Waals surface area contributed by atoms with Gasteiger partial charge in [-0.3, -0.25) is 4.79 Å². The van der Waals surface area contributed by atoms with E-state index in [4.69, 9.17) is 5.11 Å². The van der Waals surface area contributed by atoms with Gasteiger partial charge in [0.2, 0.25) is 0 Å². The van der Waals surface area contributed by atoms with E-state index in [2.05, 4.69) is 15.6 Å². The third-order valence-corrected chi connectivity index (χ3v) is 2.42. The fourth-order valence-corrected chi connectivity index (χ4v) is 1.57. The molecule has 2 aromatic rings. The van der Waals surface area contributed by atoms with Gasteiger partial charge >= 0.3 is 0 Å². The summed E-state index contributed by atoms with van der Waals surface area (Å²) in [5, 5.41) is 18.9. The number of hydrogen-bond acceptors (Lipinski definition) is 4. The fourth-order valence-electron chi connectivity index (χ4n) is 1.57. The van der Waals surface area contributed by atoms with Crippen molar-refractivity contribution in [3.63, 3.8) is 0 Å². The van der Waals surface area contributed by atoms with Gasteiger partial charge in [-0.15, -0.1) is 5.10 Å². The molecular formula is C12H14N4O2. The van der Waals surface area contributed by atoms with Crippen LogP contribution in [-0.4, -0.2) is 39.2 Å². The summed E-state index contributed by atoms with van der Waals surface area (Å²) < 4.78 is 1.53. The van der Waals surface area contributed by atoms with Crippen LogP contribution in [0.4, 0.5) is 0 Å². The number of aliphatic hydroxyl groups is 1. The van der Waals surface area contributed by atoms with Gasteiger partial charge in [0.1, 0.15) is 5.69 Å². The van der Waals surface area contributed by atoms with E-state index < -0.39 is 0 Å². The molecule has 0 aliphatic carbocycles. The Hall–Kier alpha value is -2.21.